The lowest BCUT2D eigenvalue weighted by Gasteiger charge is -2.22. The molecule has 1 fully saturated rings. The molecule has 1 amide bonds. The normalized spacial score (nSPS) is 18.4. The Kier molecular flexibility index (Phi) is 4.28. The summed E-state index contributed by atoms with van der Waals surface area (Å²) in [4.78, 5) is 16.3. The molecule has 1 atom stereocenters. The third-order valence-corrected chi connectivity index (χ3v) is 3.24. The first-order valence-electron chi connectivity index (χ1n) is 6.93. The Bertz CT molecular complexity index is 591. The van der Waals surface area contributed by atoms with Crippen molar-refractivity contribution in [1.82, 2.24) is 15.6 Å². The van der Waals surface area contributed by atoms with E-state index in [0.717, 1.165) is 12.1 Å². The number of hydrogen-bond donors (Lipinski definition) is 2. The number of benzene rings is 1. The van der Waals surface area contributed by atoms with Gasteiger partial charge in [0.2, 0.25) is 5.89 Å². The molecule has 3 rings (SSSR count). The summed E-state index contributed by atoms with van der Waals surface area (Å²) in [6.07, 6.45) is 1.13. The van der Waals surface area contributed by atoms with Crippen LogP contribution in [0.2, 0.25) is 0 Å². The highest BCUT2D eigenvalue weighted by Crippen LogP contribution is 2.17. The topological polar surface area (TPSA) is 76.4 Å². The average molecular weight is 287 g/mol. The molecular weight excluding hydrogens is 270 g/mol. The second-order valence-electron chi connectivity index (χ2n) is 4.79. The van der Waals surface area contributed by atoms with Gasteiger partial charge in [-0.15, -0.1) is 0 Å². The van der Waals surface area contributed by atoms with Crippen molar-refractivity contribution in [1.29, 1.82) is 0 Å². The number of nitrogens with one attached hydrogen (secondary N) is 2. The molecule has 6 nitrogen and oxygen atoms in total. The van der Waals surface area contributed by atoms with Crippen LogP contribution >= 0.6 is 0 Å². The van der Waals surface area contributed by atoms with E-state index in [2.05, 4.69) is 15.6 Å². The van der Waals surface area contributed by atoms with Crippen LogP contribution in [0.25, 0.3) is 11.5 Å². The fourth-order valence-corrected chi connectivity index (χ4v) is 2.13. The number of amides is 1. The number of carbonyl (C=O) groups excluding carboxylic acids is 1. The Morgan fingerprint density at radius 3 is 3.00 bits per heavy atom. The van der Waals surface area contributed by atoms with Crippen molar-refractivity contribution in [2.24, 2.45) is 0 Å². The van der Waals surface area contributed by atoms with Crippen molar-refractivity contribution in [2.75, 3.05) is 19.7 Å². The molecule has 0 saturated carbocycles. The number of oxazole rings is 1. The van der Waals surface area contributed by atoms with Crippen LogP contribution < -0.4 is 10.6 Å². The molecule has 6 heteroatoms. The maximum atomic E-state index is 11.9. The third kappa shape index (κ3) is 3.48. The van der Waals surface area contributed by atoms with E-state index in [4.69, 9.17) is 9.15 Å². The lowest BCUT2D eigenvalue weighted by molar-refractivity contribution is -0.134. The van der Waals surface area contributed by atoms with Crippen LogP contribution in [0.15, 0.2) is 41.0 Å². The monoisotopic (exact) mass is 287 g/mol. The molecule has 1 aliphatic rings. The summed E-state index contributed by atoms with van der Waals surface area (Å²) in [5.41, 5.74) is 1.60. The zero-order valence-electron chi connectivity index (χ0n) is 11.5. The second-order valence-corrected chi connectivity index (χ2v) is 4.79. The van der Waals surface area contributed by atoms with E-state index in [9.17, 15) is 4.79 Å². The molecule has 110 valence electrons. The van der Waals surface area contributed by atoms with Crippen molar-refractivity contribution < 1.29 is 13.9 Å². The van der Waals surface area contributed by atoms with Gasteiger partial charge in [0.25, 0.3) is 5.91 Å². The van der Waals surface area contributed by atoms with Gasteiger partial charge < -0.3 is 19.8 Å². The summed E-state index contributed by atoms with van der Waals surface area (Å²) in [7, 11) is 0. The predicted molar refractivity (Wildman–Crippen MR) is 76.4 cm³/mol. The van der Waals surface area contributed by atoms with E-state index in [1.54, 1.807) is 6.26 Å². The molecule has 2 heterocycles. The minimum atomic E-state index is -0.431. The molecular formula is C15H17N3O3. The molecule has 1 aromatic heterocycles. The number of ether oxygens (including phenoxy) is 1. The Morgan fingerprint density at radius 2 is 2.24 bits per heavy atom. The molecule has 1 aliphatic heterocycles. The smallest absolute Gasteiger partial charge is 0.250 e. The molecule has 0 spiro atoms. The third-order valence-electron chi connectivity index (χ3n) is 3.24. The number of rotatable bonds is 4. The molecule has 0 radical (unpaired) electrons. The van der Waals surface area contributed by atoms with Crippen molar-refractivity contribution in [3.8, 4) is 11.5 Å². The van der Waals surface area contributed by atoms with Crippen molar-refractivity contribution >= 4 is 5.91 Å². The van der Waals surface area contributed by atoms with E-state index in [0.29, 0.717) is 31.3 Å². The lowest BCUT2D eigenvalue weighted by atomic mass is 10.2. The molecule has 1 saturated heterocycles. The molecule has 0 aliphatic carbocycles. The first-order chi connectivity index (χ1) is 10.3. The van der Waals surface area contributed by atoms with Gasteiger partial charge >= 0.3 is 0 Å². The predicted octanol–water partition coefficient (Wildman–Crippen LogP) is 0.946. The van der Waals surface area contributed by atoms with Crippen LogP contribution in [0, 0.1) is 0 Å². The zero-order chi connectivity index (χ0) is 14.5. The highest BCUT2D eigenvalue weighted by atomic mass is 16.5. The molecule has 0 unspecified atom stereocenters. The summed E-state index contributed by atoms with van der Waals surface area (Å²) < 4.78 is 10.8. The number of nitrogens with zero attached hydrogens (tertiary/aromatic N) is 1. The van der Waals surface area contributed by atoms with Crippen molar-refractivity contribution in [2.45, 2.75) is 12.6 Å². The summed E-state index contributed by atoms with van der Waals surface area (Å²) in [6.45, 7) is 2.21. The summed E-state index contributed by atoms with van der Waals surface area (Å²) in [5.74, 6) is 0.418. The number of carbonyl (C=O) groups is 1. The zero-order valence-corrected chi connectivity index (χ0v) is 11.5. The quantitative estimate of drug-likeness (QED) is 0.875. The van der Waals surface area contributed by atoms with Gasteiger partial charge in [-0.25, -0.2) is 4.98 Å². The van der Waals surface area contributed by atoms with Crippen LogP contribution in [0.1, 0.15) is 5.69 Å². The number of hydrogen-bond acceptors (Lipinski definition) is 5. The Hall–Kier alpha value is -2.18. The number of morpholine rings is 1. The first kappa shape index (κ1) is 13.8. The molecule has 0 bridgehead atoms. The fraction of sp³-hybridized carbons (Fsp3) is 0.333. The highest BCUT2D eigenvalue weighted by Gasteiger charge is 2.21. The van der Waals surface area contributed by atoms with Crippen LogP contribution in [0.3, 0.4) is 0 Å². The number of aromatic nitrogens is 1. The average Bonchev–Trinajstić information content (AvgIpc) is 3.03. The van der Waals surface area contributed by atoms with Crippen molar-refractivity contribution in [3.05, 3.63) is 42.3 Å². The Morgan fingerprint density at radius 1 is 1.38 bits per heavy atom. The Labute approximate surface area is 122 Å². The van der Waals surface area contributed by atoms with Gasteiger partial charge in [0.1, 0.15) is 12.4 Å². The highest BCUT2D eigenvalue weighted by molar-refractivity contribution is 5.81. The van der Waals surface area contributed by atoms with Crippen LogP contribution in [-0.4, -0.2) is 36.7 Å². The van der Waals surface area contributed by atoms with Crippen LogP contribution in [0.4, 0.5) is 0 Å². The summed E-state index contributed by atoms with van der Waals surface area (Å²) in [6, 6.07) is 9.64. The molecule has 2 N–H and O–H groups in total. The summed E-state index contributed by atoms with van der Waals surface area (Å²) >= 11 is 0. The molecule has 21 heavy (non-hydrogen) atoms. The molecule has 2 aromatic rings. The van der Waals surface area contributed by atoms with Gasteiger partial charge in [-0.3, -0.25) is 4.79 Å². The minimum absolute atomic E-state index is 0.133. The first-order valence-corrected chi connectivity index (χ1v) is 6.93. The van der Waals surface area contributed by atoms with Gasteiger partial charge in [0.15, 0.2) is 0 Å². The fourth-order valence-electron chi connectivity index (χ4n) is 2.13. The SMILES string of the molecule is O=C(NCc1coc(-c2ccccc2)n1)[C@H]1CNCCO1. The van der Waals surface area contributed by atoms with Gasteiger partial charge in [0.05, 0.1) is 18.8 Å². The lowest BCUT2D eigenvalue weighted by Crippen LogP contribution is -2.47. The largest absolute Gasteiger partial charge is 0.444 e. The maximum absolute atomic E-state index is 11.9. The van der Waals surface area contributed by atoms with E-state index in [1.165, 1.54) is 0 Å². The second kappa shape index (κ2) is 6.51. The van der Waals surface area contributed by atoms with Crippen LogP contribution in [0.5, 0.6) is 0 Å². The van der Waals surface area contributed by atoms with E-state index >= 15 is 0 Å². The minimum Gasteiger partial charge on any atom is -0.444 e. The van der Waals surface area contributed by atoms with Crippen LogP contribution in [-0.2, 0) is 16.1 Å². The standard InChI is InChI=1S/C15H17N3O3/c19-14(13-9-16-6-7-20-13)17-8-12-10-21-15(18-12)11-4-2-1-3-5-11/h1-5,10,13,16H,6-9H2,(H,17,19)/t13-/m1/s1. The van der Waals surface area contributed by atoms with Gasteiger partial charge in [-0.2, -0.15) is 0 Å². The van der Waals surface area contributed by atoms with Gasteiger partial charge in [-0.1, -0.05) is 18.2 Å². The van der Waals surface area contributed by atoms with E-state index < -0.39 is 6.10 Å². The maximum Gasteiger partial charge on any atom is 0.250 e. The Balaban J connectivity index is 1.56. The van der Waals surface area contributed by atoms with Crippen molar-refractivity contribution in [3.63, 3.8) is 0 Å². The molecule has 1 aromatic carbocycles. The van der Waals surface area contributed by atoms with E-state index in [1.807, 2.05) is 30.3 Å². The van der Waals surface area contributed by atoms with Gasteiger partial charge in [-0.05, 0) is 12.1 Å². The van der Waals surface area contributed by atoms with E-state index in [-0.39, 0.29) is 5.91 Å². The van der Waals surface area contributed by atoms with Gasteiger partial charge in [0, 0.05) is 18.7 Å². The summed E-state index contributed by atoms with van der Waals surface area (Å²) in [5, 5.41) is 5.93.